The van der Waals surface area contributed by atoms with Gasteiger partial charge in [-0.1, -0.05) is 0 Å². The van der Waals surface area contributed by atoms with Crippen molar-refractivity contribution >= 4 is 12.0 Å². The molecule has 0 unspecified atom stereocenters. The van der Waals surface area contributed by atoms with Crippen molar-refractivity contribution < 1.29 is 14.3 Å². The summed E-state index contributed by atoms with van der Waals surface area (Å²) >= 11 is 0. The van der Waals surface area contributed by atoms with E-state index in [0.717, 1.165) is 26.2 Å². The van der Waals surface area contributed by atoms with Crippen molar-refractivity contribution in [1.82, 2.24) is 15.1 Å². The number of carbonyl (C=O) groups is 2. The molecule has 0 spiro atoms. The normalized spacial score (nSPS) is 16.9. The van der Waals surface area contributed by atoms with E-state index in [1.54, 1.807) is 0 Å². The zero-order valence-electron chi connectivity index (χ0n) is 13.1. The van der Waals surface area contributed by atoms with Crippen LogP contribution in [0.25, 0.3) is 0 Å². The minimum atomic E-state index is -0.486. The summed E-state index contributed by atoms with van der Waals surface area (Å²) in [6, 6.07) is 0. The first-order valence-corrected chi connectivity index (χ1v) is 7.21. The lowest BCUT2D eigenvalue weighted by molar-refractivity contribution is -0.132. The molecule has 1 fully saturated rings. The van der Waals surface area contributed by atoms with Gasteiger partial charge in [0.05, 0.1) is 0 Å². The van der Waals surface area contributed by atoms with Gasteiger partial charge in [0.25, 0.3) is 0 Å². The molecule has 1 saturated heterocycles. The number of nitrogens with one attached hydrogen (secondary N) is 1. The monoisotopic (exact) mass is 285 g/mol. The van der Waals surface area contributed by atoms with Gasteiger partial charge in [-0.3, -0.25) is 4.79 Å². The summed E-state index contributed by atoms with van der Waals surface area (Å²) in [7, 11) is 2.06. The molecule has 1 aliphatic rings. The smallest absolute Gasteiger partial charge is 0.407 e. The molecule has 116 valence electrons. The standard InChI is InChI=1S/C14H27N3O3/c1-14(2,3)20-13(19)15-7-5-6-12(18)17-10-8-16(4)9-11-17/h5-11H2,1-4H3,(H,15,19). The Bertz CT molecular complexity index is 331. The maximum atomic E-state index is 11.9. The molecular weight excluding hydrogens is 258 g/mol. The van der Waals surface area contributed by atoms with Gasteiger partial charge in [0.15, 0.2) is 0 Å². The molecule has 0 aromatic carbocycles. The predicted molar refractivity (Wildman–Crippen MR) is 77.5 cm³/mol. The summed E-state index contributed by atoms with van der Waals surface area (Å²) in [5.74, 6) is 0.170. The van der Waals surface area contributed by atoms with Crippen LogP contribution in [0.3, 0.4) is 0 Å². The van der Waals surface area contributed by atoms with E-state index in [1.165, 1.54) is 0 Å². The Balaban J connectivity index is 2.12. The number of piperazine rings is 1. The minimum absolute atomic E-state index is 0.170. The summed E-state index contributed by atoms with van der Waals surface area (Å²) in [5.41, 5.74) is -0.486. The third-order valence-corrected chi connectivity index (χ3v) is 3.09. The van der Waals surface area contributed by atoms with Gasteiger partial charge in [0, 0.05) is 39.1 Å². The summed E-state index contributed by atoms with van der Waals surface area (Å²) in [5, 5.41) is 2.66. The van der Waals surface area contributed by atoms with Crippen LogP contribution in [-0.2, 0) is 9.53 Å². The van der Waals surface area contributed by atoms with Crippen LogP contribution in [0.2, 0.25) is 0 Å². The number of carbonyl (C=O) groups excluding carboxylic acids is 2. The van der Waals surface area contributed by atoms with Gasteiger partial charge in [0.2, 0.25) is 5.91 Å². The molecule has 0 atom stereocenters. The molecule has 20 heavy (non-hydrogen) atoms. The van der Waals surface area contributed by atoms with Crippen LogP contribution < -0.4 is 5.32 Å². The Morgan fingerprint density at radius 1 is 1.15 bits per heavy atom. The van der Waals surface area contributed by atoms with Crippen molar-refractivity contribution in [2.45, 2.75) is 39.2 Å². The molecule has 1 N–H and O–H groups in total. The Morgan fingerprint density at radius 3 is 2.30 bits per heavy atom. The van der Waals surface area contributed by atoms with E-state index in [-0.39, 0.29) is 5.91 Å². The lowest BCUT2D eigenvalue weighted by Crippen LogP contribution is -2.47. The summed E-state index contributed by atoms with van der Waals surface area (Å²) in [6.45, 7) is 9.40. The van der Waals surface area contributed by atoms with Crippen LogP contribution in [0.1, 0.15) is 33.6 Å². The summed E-state index contributed by atoms with van der Waals surface area (Å²) in [6.07, 6.45) is 0.689. The van der Waals surface area contributed by atoms with Crippen LogP contribution in [0.5, 0.6) is 0 Å². The molecule has 0 aromatic rings. The molecule has 1 rings (SSSR count). The second kappa shape index (κ2) is 7.47. The molecule has 0 saturated carbocycles. The van der Waals surface area contributed by atoms with E-state index in [2.05, 4.69) is 17.3 Å². The van der Waals surface area contributed by atoms with Crippen molar-refractivity contribution in [1.29, 1.82) is 0 Å². The largest absolute Gasteiger partial charge is 0.444 e. The van der Waals surface area contributed by atoms with E-state index in [0.29, 0.717) is 19.4 Å². The van der Waals surface area contributed by atoms with Gasteiger partial charge >= 0.3 is 6.09 Å². The highest BCUT2D eigenvalue weighted by Crippen LogP contribution is 2.07. The summed E-state index contributed by atoms with van der Waals surface area (Å²) in [4.78, 5) is 27.5. The topological polar surface area (TPSA) is 61.9 Å². The minimum Gasteiger partial charge on any atom is -0.444 e. The van der Waals surface area contributed by atoms with E-state index < -0.39 is 11.7 Å². The fraction of sp³-hybridized carbons (Fsp3) is 0.857. The van der Waals surface area contributed by atoms with Crippen molar-refractivity contribution in [2.24, 2.45) is 0 Å². The van der Waals surface area contributed by atoms with Crippen LogP contribution >= 0.6 is 0 Å². The molecule has 6 heteroatoms. The van der Waals surface area contributed by atoms with Crippen LogP contribution in [0, 0.1) is 0 Å². The highest BCUT2D eigenvalue weighted by atomic mass is 16.6. The predicted octanol–water partition coefficient (Wildman–Crippen LogP) is 1.07. The van der Waals surface area contributed by atoms with Crippen molar-refractivity contribution in [3.63, 3.8) is 0 Å². The Morgan fingerprint density at radius 2 is 1.75 bits per heavy atom. The van der Waals surface area contributed by atoms with Gasteiger partial charge in [-0.25, -0.2) is 4.79 Å². The van der Waals surface area contributed by atoms with Crippen molar-refractivity contribution in [2.75, 3.05) is 39.8 Å². The van der Waals surface area contributed by atoms with Gasteiger partial charge in [-0.15, -0.1) is 0 Å². The van der Waals surface area contributed by atoms with Gasteiger partial charge in [-0.05, 0) is 34.2 Å². The van der Waals surface area contributed by atoms with Gasteiger partial charge < -0.3 is 19.9 Å². The first-order chi connectivity index (χ1) is 9.28. The number of likely N-dealkylation sites (N-methyl/N-ethyl adjacent to an activating group) is 1. The molecule has 0 radical (unpaired) electrons. The SMILES string of the molecule is CN1CCN(C(=O)CCCNC(=O)OC(C)(C)C)CC1. The first-order valence-electron chi connectivity index (χ1n) is 7.21. The van der Waals surface area contributed by atoms with E-state index >= 15 is 0 Å². The Kier molecular flexibility index (Phi) is 6.26. The van der Waals surface area contributed by atoms with Crippen LogP contribution in [-0.4, -0.2) is 67.2 Å². The maximum absolute atomic E-state index is 11.9. The zero-order chi connectivity index (χ0) is 15.2. The second-order valence-corrected chi connectivity index (χ2v) is 6.22. The number of rotatable bonds is 4. The molecule has 6 nitrogen and oxygen atoms in total. The molecule has 1 heterocycles. The lowest BCUT2D eigenvalue weighted by Gasteiger charge is -2.32. The van der Waals surface area contributed by atoms with Gasteiger partial charge in [-0.2, -0.15) is 0 Å². The third kappa shape index (κ3) is 6.75. The average Bonchev–Trinajstić information content (AvgIpc) is 2.33. The molecule has 2 amide bonds. The highest BCUT2D eigenvalue weighted by molar-refractivity contribution is 5.76. The van der Waals surface area contributed by atoms with Crippen LogP contribution in [0.15, 0.2) is 0 Å². The number of nitrogens with zero attached hydrogens (tertiary/aromatic N) is 2. The highest BCUT2D eigenvalue weighted by Gasteiger charge is 2.19. The molecular formula is C14H27N3O3. The zero-order valence-corrected chi connectivity index (χ0v) is 13.1. The van der Waals surface area contributed by atoms with Crippen molar-refractivity contribution in [3.8, 4) is 0 Å². The second-order valence-electron chi connectivity index (χ2n) is 6.22. The maximum Gasteiger partial charge on any atom is 0.407 e. The van der Waals surface area contributed by atoms with E-state index in [1.807, 2.05) is 25.7 Å². The van der Waals surface area contributed by atoms with E-state index in [9.17, 15) is 9.59 Å². The molecule has 0 aromatic heterocycles. The Hall–Kier alpha value is -1.30. The number of ether oxygens (including phenoxy) is 1. The number of hydrogen-bond donors (Lipinski definition) is 1. The van der Waals surface area contributed by atoms with Crippen LogP contribution in [0.4, 0.5) is 4.79 Å². The molecule has 1 aliphatic heterocycles. The Labute approximate surface area is 121 Å². The fourth-order valence-electron chi connectivity index (χ4n) is 1.96. The molecule has 0 bridgehead atoms. The summed E-state index contributed by atoms with van der Waals surface area (Å²) < 4.78 is 5.12. The quantitative estimate of drug-likeness (QED) is 0.785. The van der Waals surface area contributed by atoms with E-state index in [4.69, 9.17) is 4.74 Å². The van der Waals surface area contributed by atoms with Gasteiger partial charge in [0.1, 0.15) is 5.60 Å². The molecule has 0 aliphatic carbocycles. The lowest BCUT2D eigenvalue weighted by atomic mass is 10.2. The first kappa shape index (κ1) is 16.8. The number of alkyl carbamates (subject to hydrolysis) is 1. The number of amides is 2. The fourth-order valence-corrected chi connectivity index (χ4v) is 1.96. The average molecular weight is 285 g/mol. The van der Waals surface area contributed by atoms with Crippen molar-refractivity contribution in [3.05, 3.63) is 0 Å². The number of hydrogen-bond acceptors (Lipinski definition) is 4. The third-order valence-electron chi connectivity index (χ3n) is 3.09.